The number of pyridine rings is 1. The predicted octanol–water partition coefficient (Wildman–Crippen LogP) is 4.62. The molecule has 3 aliphatic heterocycles. The molecule has 12 nitrogen and oxygen atoms in total. The minimum absolute atomic E-state index is 0.160. The van der Waals surface area contributed by atoms with Gasteiger partial charge in [0.25, 0.3) is 11.5 Å². The smallest absolute Gasteiger partial charge is 0.276 e. The van der Waals surface area contributed by atoms with Crippen molar-refractivity contribution < 1.29 is 9.59 Å². The molecule has 0 radical (unpaired) electrons. The van der Waals surface area contributed by atoms with Crippen LogP contribution in [0.4, 0.5) is 34.4 Å². The quantitative estimate of drug-likeness (QED) is 0.281. The number of hydrogen-bond donors (Lipinski definition) is 1. The normalized spacial score (nSPS) is 18.2. The van der Waals surface area contributed by atoms with Crippen molar-refractivity contribution in [2.45, 2.75) is 25.8 Å². The molecule has 2 fully saturated rings. The maximum absolute atomic E-state index is 14.8. The van der Waals surface area contributed by atoms with Gasteiger partial charge in [0.2, 0.25) is 11.9 Å². The van der Waals surface area contributed by atoms with Crippen LogP contribution in [0, 0.1) is 6.92 Å². The first-order valence-electron chi connectivity index (χ1n) is 17.2. The number of aryl methyl sites for hydroxylation is 1. The van der Waals surface area contributed by atoms with E-state index in [1.165, 1.54) is 17.8 Å². The summed E-state index contributed by atoms with van der Waals surface area (Å²) in [5.41, 5.74) is 5.20. The maximum Gasteiger partial charge on any atom is 0.276 e. The zero-order valence-electron chi connectivity index (χ0n) is 28.7. The van der Waals surface area contributed by atoms with Crippen molar-refractivity contribution in [2.24, 2.45) is 0 Å². The number of likely N-dealkylation sites (N-methyl/N-ethyl adjacent to an activating group) is 1. The van der Waals surface area contributed by atoms with Crippen LogP contribution in [-0.2, 0) is 9.59 Å². The number of anilines is 6. The van der Waals surface area contributed by atoms with Crippen LogP contribution in [0.3, 0.4) is 0 Å². The lowest BCUT2D eigenvalue weighted by molar-refractivity contribution is -0.127. The number of rotatable bonds is 7. The first-order chi connectivity index (χ1) is 24.2. The summed E-state index contributed by atoms with van der Waals surface area (Å²) in [5.74, 6) is 0.0263. The average molecular weight is 674 g/mol. The fraction of sp³-hybridized carbons (Fsp3) is 0.342. The molecule has 2 aromatic carbocycles. The Morgan fingerprint density at radius 1 is 0.920 bits per heavy atom. The number of nitrogens with one attached hydrogen (secondary N) is 1. The van der Waals surface area contributed by atoms with Gasteiger partial charge in [-0.15, -0.1) is 0 Å². The van der Waals surface area contributed by atoms with Crippen LogP contribution in [-0.4, -0.2) is 95.6 Å². The number of aromatic nitrogens is 3. The summed E-state index contributed by atoms with van der Waals surface area (Å²) in [6, 6.07) is 15.6. The molecule has 2 aromatic heterocycles. The molecule has 1 N–H and O–H groups in total. The summed E-state index contributed by atoms with van der Waals surface area (Å²) in [6.45, 7) is 15.1. The van der Waals surface area contributed by atoms with Gasteiger partial charge in [-0.3, -0.25) is 19.0 Å². The van der Waals surface area contributed by atoms with Gasteiger partial charge < -0.3 is 29.8 Å². The van der Waals surface area contributed by atoms with Crippen LogP contribution in [0.2, 0.25) is 0 Å². The largest absolute Gasteiger partial charge is 0.369 e. The second-order valence-electron chi connectivity index (χ2n) is 13.2. The molecule has 5 heterocycles. The van der Waals surface area contributed by atoms with Crippen molar-refractivity contribution in [3.8, 4) is 0 Å². The minimum atomic E-state index is -0.311. The lowest BCUT2D eigenvalue weighted by atomic mass is 10.0. The van der Waals surface area contributed by atoms with Crippen LogP contribution in [0.15, 0.2) is 84.8 Å². The maximum atomic E-state index is 14.8. The van der Waals surface area contributed by atoms with Crippen LogP contribution in [0.1, 0.15) is 24.4 Å². The van der Waals surface area contributed by atoms with Gasteiger partial charge in [0.15, 0.2) is 0 Å². The molecule has 0 aliphatic carbocycles. The van der Waals surface area contributed by atoms with Crippen LogP contribution in [0.5, 0.6) is 0 Å². The number of amides is 2. The number of likely N-dealkylation sites (tertiary alicyclic amines) is 1. The molecule has 3 aliphatic rings. The molecular formula is C38H43N9O3. The van der Waals surface area contributed by atoms with Crippen molar-refractivity contribution in [3.05, 3.63) is 96.0 Å². The Labute approximate surface area is 291 Å². The van der Waals surface area contributed by atoms with Gasteiger partial charge in [-0.1, -0.05) is 25.3 Å². The molecule has 0 saturated carbocycles. The van der Waals surface area contributed by atoms with E-state index in [1.807, 2.05) is 48.2 Å². The molecule has 50 heavy (non-hydrogen) atoms. The highest BCUT2D eigenvalue weighted by Gasteiger charge is 2.32. The Balaban J connectivity index is 1.29. The summed E-state index contributed by atoms with van der Waals surface area (Å²) in [6.07, 6.45) is 5.83. The molecule has 7 rings (SSSR count). The molecule has 12 heteroatoms. The Hall–Kier alpha value is -5.49. The van der Waals surface area contributed by atoms with Crippen molar-refractivity contribution in [1.29, 1.82) is 0 Å². The number of carbonyl (C=O) groups is 2. The average Bonchev–Trinajstić information content (AvgIpc) is 3.14. The van der Waals surface area contributed by atoms with Crippen LogP contribution >= 0.6 is 0 Å². The Morgan fingerprint density at radius 3 is 2.42 bits per heavy atom. The van der Waals surface area contributed by atoms with E-state index in [0.717, 1.165) is 55.2 Å². The van der Waals surface area contributed by atoms with E-state index in [9.17, 15) is 14.4 Å². The van der Waals surface area contributed by atoms with E-state index in [2.05, 4.69) is 52.4 Å². The van der Waals surface area contributed by atoms with Gasteiger partial charge in [-0.05, 0) is 80.9 Å². The molecule has 2 amide bonds. The van der Waals surface area contributed by atoms with E-state index in [4.69, 9.17) is 4.98 Å². The molecule has 1 atom stereocenters. The third-order valence-corrected chi connectivity index (χ3v) is 10.0. The molecule has 4 aromatic rings. The minimum Gasteiger partial charge on any atom is -0.369 e. The number of piperidine rings is 1. The summed E-state index contributed by atoms with van der Waals surface area (Å²) in [5, 5.41) is 4.03. The van der Waals surface area contributed by atoms with Crippen molar-refractivity contribution in [1.82, 2.24) is 24.3 Å². The molecule has 258 valence electrons. The zero-order chi connectivity index (χ0) is 34.9. The molecule has 0 unspecified atom stereocenters. The topological polar surface area (TPSA) is 110 Å². The highest BCUT2D eigenvalue weighted by molar-refractivity contribution is 6.05. The van der Waals surface area contributed by atoms with Crippen LogP contribution < -0.4 is 25.6 Å². The van der Waals surface area contributed by atoms with Gasteiger partial charge in [0, 0.05) is 75.3 Å². The van der Waals surface area contributed by atoms with E-state index in [-0.39, 0.29) is 23.4 Å². The number of fused-ring (bicyclic) bond motifs is 2. The number of piperazine rings is 1. The van der Waals surface area contributed by atoms with E-state index >= 15 is 0 Å². The second kappa shape index (κ2) is 13.8. The predicted molar refractivity (Wildman–Crippen MR) is 199 cm³/mol. The first kappa shape index (κ1) is 33.0. The zero-order valence-corrected chi connectivity index (χ0v) is 28.7. The molecule has 0 bridgehead atoms. The SMILES string of the molecule is C=CC(=O)N1CCC[C@@H](n2c(=O)c(N3CCN(C(=O)C=C)c4c(C)cccc43)cc3cnc(Nc4ccc(N5CCN(C)CC5)cc4)nc32)C1. The van der Waals surface area contributed by atoms with Gasteiger partial charge in [-0.25, -0.2) is 4.98 Å². The van der Waals surface area contributed by atoms with Crippen molar-refractivity contribution in [3.63, 3.8) is 0 Å². The lowest BCUT2D eigenvalue weighted by Gasteiger charge is -2.39. The Morgan fingerprint density at radius 2 is 1.68 bits per heavy atom. The number of para-hydroxylation sites is 1. The number of benzene rings is 2. The number of nitrogens with zero attached hydrogens (tertiary/aromatic N) is 8. The van der Waals surface area contributed by atoms with Gasteiger partial charge in [0.05, 0.1) is 17.4 Å². The van der Waals surface area contributed by atoms with Crippen LogP contribution in [0.25, 0.3) is 11.0 Å². The van der Waals surface area contributed by atoms with Crippen molar-refractivity contribution >= 4 is 57.2 Å². The highest BCUT2D eigenvalue weighted by atomic mass is 16.2. The Kier molecular flexibility index (Phi) is 9.11. The standard InChI is InChI=1S/C38H43N9O3/c1-5-33(48)44-16-8-10-30(25-44)47-36-27(24-39-38(41-36)40-28-12-14-29(15-13-28)43-19-17-42(4)18-20-43)23-32(37(47)50)45-21-22-46(34(49)6-2)35-26(3)9-7-11-31(35)45/h5-7,9,11-15,23-24,30H,1-2,8,10,16-22,25H2,3-4H3,(H,39,40,41)/t30-/m1/s1. The molecule has 2 saturated heterocycles. The lowest BCUT2D eigenvalue weighted by Crippen LogP contribution is -2.45. The summed E-state index contributed by atoms with van der Waals surface area (Å²) in [4.78, 5) is 60.1. The van der Waals surface area contributed by atoms with E-state index < -0.39 is 0 Å². The summed E-state index contributed by atoms with van der Waals surface area (Å²) < 4.78 is 1.74. The second-order valence-corrected chi connectivity index (χ2v) is 13.2. The van der Waals surface area contributed by atoms with E-state index in [1.54, 1.807) is 20.6 Å². The first-order valence-corrected chi connectivity index (χ1v) is 17.2. The highest BCUT2D eigenvalue weighted by Crippen LogP contribution is 2.40. The summed E-state index contributed by atoms with van der Waals surface area (Å²) in [7, 11) is 2.15. The monoisotopic (exact) mass is 673 g/mol. The van der Waals surface area contributed by atoms with E-state index in [0.29, 0.717) is 55.3 Å². The molecular weight excluding hydrogens is 630 g/mol. The molecule has 0 spiro atoms. The van der Waals surface area contributed by atoms with Gasteiger partial charge in [-0.2, -0.15) is 4.98 Å². The van der Waals surface area contributed by atoms with Crippen molar-refractivity contribution in [2.75, 3.05) is 79.4 Å². The summed E-state index contributed by atoms with van der Waals surface area (Å²) >= 11 is 0. The van der Waals surface area contributed by atoms with Gasteiger partial charge in [0.1, 0.15) is 11.3 Å². The fourth-order valence-corrected chi connectivity index (χ4v) is 7.37. The number of carbonyl (C=O) groups excluding carboxylic acids is 2. The third-order valence-electron chi connectivity index (χ3n) is 10.0. The number of hydrogen-bond acceptors (Lipinski definition) is 9. The fourth-order valence-electron chi connectivity index (χ4n) is 7.37. The third kappa shape index (κ3) is 6.22. The Bertz CT molecular complexity index is 2020. The van der Waals surface area contributed by atoms with Gasteiger partial charge >= 0.3 is 0 Å².